The molecule has 0 fully saturated rings. The van der Waals surface area contributed by atoms with Crippen LogP contribution in [0.15, 0.2) is 121 Å². The Hall–Kier alpha value is -5.88. The Bertz CT molecular complexity index is 1830. The highest BCUT2D eigenvalue weighted by Crippen LogP contribution is 2.29. The van der Waals surface area contributed by atoms with Crippen molar-refractivity contribution in [2.75, 3.05) is 0 Å². The average Bonchev–Trinajstić information content (AvgIpc) is 3.01. The molecule has 0 aliphatic rings. The van der Waals surface area contributed by atoms with Gasteiger partial charge in [-0.1, -0.05) is 60.7 Å². The van der Waals surface area contributed by atoms with Gasteiger partial charge in [0.15, 0.2) is 0 Å². The van der Waals surface area contributed by atoms with E-state index in [1.807, 2.05) is 97.1 Å². The van der Waals surface area contributed by atoms with E-state index in [0.29, 0.717) is 23.0 Å². The van der Waals surface area contributed by atoms with Gasteiger partial charge in [0.05, 0.1) is 11.1 Å². The predicted molar refractivity (Wildman–Crippen MR) is 164 cm³/mol. The van der Waals surface area contributed by atoms with Crippen molar-refractivity contribution in [1.82, 2.24) is 0 Å². The van der Waals surface area contributed by atoms with E-state index >= 15 is 0 Å². The normalized spacial score (nSPS) is 11.1. The van der Waals surface area contributed by atoms with Gasteiger partial charge >= 0.3 is 11.9 Å². The molecule has 0 unspecified atom stereocenters. The summed E-state index contributed by atoms with van der Waals surface area (Å²) < 4.78 is 12.0. The van der Waals surface area contributed by atoms with Crippen molar-refractivity contribution in [2.45, 2.75) is 0 Å². The van der Waals surface area contributed by atoms with Crippen LogP contribution < -0.4 is 9.47 Å². The van der Waals surface area contributed by atoms with Crippen molar-refractivity contribution < 1.29 is 29.3 Å². The molecule has 6 aromatic carbocycles. The van der Waals surface area contributed by atoms with Crippen LogP contribution in [0.2, 0.25) is 0 Å². The van der Waals surface area contributed by atoms with Gasteiger partial charge in [-0.15, -0.1) is 0 Å². The number of rotatable bonds is 8. The molecule has 6 rings (SSSR count). The number of carboxylic acid groups (broad SMARTS) is 2. The number of aromatic carboxylic acids is 2. The summed E-state index contributed by atoms with van der Waals surface area (Å²) >= 11 is 0. The molecule has 6 heteroatoms. The molecule has 0 atom stereocenters. The van der Waals surface area contributed by atoms with Crippen LogP contribution in [0.25, 0.3) is 33.7 Å². The van der Waals surface area contributed by atoms with Crippen LogP contribution in [0, 0.1) is 0 Å². The summed E-state index contributed by atoms with van der Waals surface area (Å²) in [6, 6.07) is 36.7. The fraction of sp³-hybridized carbons (Fsp3) is 0. The largest absolute Gasteiger partial charge is 0.478 e. The Balaban J connectivity index is 1.07. The first kappa shape index (κ1) is 26.3. The molecule has 0 bridgehead atoms. The molecule has 0 saturated heterocycles. The summed E-state index contributed by atoms with van der Waals surface area (Å²) in [4.78, 5) is 22.4. The van der Waals surface area contributed by atoms with E-state index in [1.165, 1.54) is 0 Å². The quantitative estimate of drug-likeness (QED) is 0.183. The minimum Gasteiger partial charge on any atom is -0.478 e. The van der Waals surface area contributed by atoms with Crippen LogP contribution in [-0.4, -0.2) is 22.2 Å². The molecule has 0 saturated carbocycles. The molecule has 0 amide bonds. The van der Waals surface area contributed by atoms with E-state index in [2.05, 4.69) is 0 Å². The second-order valence-electron chi connectivity index (χ2n) is 9.73. The summed E-state index contributed by atoms with van der Waals surface area (Å²) in [5.41, 5.74) is 2.55. The second kappa shape index (κ2) is 11.3. The van der Waals surface area contributed by atoms with E-state index in [-0.39, 0.29) is 11.1 Å². The molecule has 0 aliphatic carbocycles. The number of hydrogen-bond donors (Lipinski definition) is 2. The molecule has 6 nitrogen and oxygen atoms in total. The highest BCUT2D eigenvalue weighted by Gasteiger charge is 2.07. The molecular weight excluding hydrogens is 528 g/mol. The monoisotopic (exact) mass is 552 g/mol. The number of hydrogen-bond acceptors (Lipinski definition) is 4. The van der Waals surface area contributed by atoms with E-state index in [0.717, 1.165) is 32.7 Å². The van der Waals surface area contributed by atoms with Crippen molar-refractivity contribution in [3.05, 3.63) is 144 Å². The van der Waals surface area contributed by atoms with Crippen molar-refractivity contribution in [3.8, 4) is 23.0 Å². The maximum Gasteiger partial charge on any atom is 0.335 e. The van der Waals surface area contributed by atoms with Crippen LogP contribution in [-0.2, 0) is 0 Å². The topological polar surface area (TPSA) is 93.1 Å². The highest BCUT2D eigenvalue weighted by atomic mass is 16.5. The molecule has 0 aliphatic heterocycles. The molecular formula is C36H24O6. The lowest BCUT2D eigenvalue weighted by atomic mass is 10.1. The van der Waals surface area contributed by atoms with Gasteiger partial charge in [0.2, 0.25) is 0 Å². The maximum absolute atomic E-state index is 11.2. The first-order valence-electron chi connectivity index (χ1n) is 13.2. The Labute approximate surface area is 241 Å². The SMILES string of the molecule is O=C(O)c1ccc2cc(Oc3ccc(/C=C/c4ccc(Oc5ccc6cc(C(=O)O)ccc6c5)cc4)cc3)ccc2c1. The summed E-state index contributed by atoms with van der Waals surface area (Å²) in [6.45, 7) is 0. The van der Waals surface area contributed by atoms with Gasteiger partial charge in [0.25, 0.3) is 0 Å². The van der Waals surface area contributed by atoms with Gasteiger partial charge in [-0.05, 0) is 105 Å². The van der Waals surface area contributed by atoms with Gasteiger partial charge in [-0.2, -0.15) is 0 Å². The molecule has 2 N–H and O–H groups in total. The van der Waals surface area contributed by atoms with Gasteiger partial charge in [-0.25, -0.2) is 9.59 Å². The highest BCUT2D eigenvalue weighted by molar-refractivity contribution is 5.95. The Morgan fingerprint density at radius 1 is 0.429 bits per heavy atom. The fourth-order valence-corrected chi connectivity index (χ4v) is 4.60. The van der Waals surface area contributed by atoms with Crippen molar-refractivity contribution >= 4 is 45.6 Å². The van der Waals surface area contributed by atoms with Crippen molar-refractivity contribution in [2.24, 2.45) is 0 Å². The lowest BCUT2D eigenvalue weighted by molar-refractivity contribution is 0.0686. The van der Waals surface area contributed by atoms with E-state index in [9.17, 15) is 19.8 Å². The first-order chi connectivity index (χ1) is 20.4. The molecule has 0 aromatic heterocycles. The van der Waals surface area contributed by atoms with Crippen LogP contribution >= 0.6 is 0 Å². The number of fused-ring (bicyclic) bond motifs is 2. The van der Waals surface area contributed by atoms with Crippen LogP contribution in [0.5, 0.6) is 23.0 Å². The first-order valence-corrected chi connectivity index (χ1v) is 13.2. The fourth-order valence-electron chi connectivity index (χ4n) is 4.60. The van der Waals surface area contributed by atoms with Crippen molar-refractivity contribution in [1.29, 1.82) is 0 Å². The summed E-state index contributed by atoms with van der Waals surface area (Å²) in [5.74, 6) is 0.850. The molecule has 6 aromatic rings. The molecule has 42 heavy (non-hydrogen) atoms. The summed E-state index contributed by atoms with van der Waals surface area (Å²) in [7, 11) is 0. The standard InChI is InChI=1S/C36H24O6/c37-35(38)29-9-7-27-21-33(17-11-25(27)19-29)41-31-13-3-23(4-14-31)1-2-24-5-15-32(16-6-24)42-34-18-12-26-20-30(36(39)40)10-8-28(26)22-34/h1-22H,(H,37,38)(H,39,40)/b2-1+. The third kappa shape index (κ3) is 5.98. The number of ether oxygens (including phenoxy) is 2. The van der Waals surface area contributed by atoms with Gasteiger partial charge in [-0.3, -0.25) is 0 Å². The number of carbonyl (C=O) groups is 2. The lowest BCUT2D eigenvalue weighted by Gasteiger charge is -2.08. The van der Waals surface area contributed by atoms with Crippen LogP contribution in [0.4, 0.5) is 0 Å². The van der Waals surface area contributed by atoms with Gasteiger partial charge in [0.1, 0.15) is 23.0 Å². The minimum absolute atomic E-state index is 0.255. The van der Waals surface area contributed by atoms with E-state index in [4.69, 9.17) is 9.47 Å². The minimum atomic E-state index is -0.948. The predicted octanol–water partition coefficient (Wildman–Crippen LogP) is 9.14. The smallest absolute Gasteiger partial charge is 0.335 e. The molecule has 0 heterocycles. The lowest BCUT2D eigenvalue weighted by Crippen LogP contribution is -1.95. The van der Waals surface area contributed by atoms with Gasteiger partial charge < -0.3 is 19.7 Å². The number of benzene rings is 6. The average molecular weight is 553 g/mol. The van der Waals surface area contributed by atoms with Crippen LogP contribution in [0.1, 0.15) is 31.8 Å². The summed E-state index contributed by atoms with van der Waals surface area (Å²) in [6.07, 6.45) is 4.04. The van der Waals surface area contributed by atoms with Gasteiger partial charge in [0, 0.05) is 0 Å². The molecule has 0 spiro atoms. The van der Waals surface area contributed by atoms with E-state index < -0.39 is 11.9 Å². The second-order valence-corrected chi connectivity index (χ2v) is 9.73. The van der Waals surface area contributed by atoms with Crippen molar-refractivity contribution in [3.63, 3.8) is 0 Å². The number of carboxylic acids is 2. The Morgan fingerprint density at radius 2 is 0.762 bits per heavy atom. The zero-order valence-electron chi connectivity index (χ0n) is 22.2. The molecule has 204 valence electrons. The summed E-state index contributed by atoms with van der Waals surface area (Å²) in [5, 5.41) is 21.8. The van der Waals surface area contributed by atoms with E-state index in [1.54, 1.807) is 36.4 Å². The maximum atomic E-state index is 11.2. The van der Waals surface area contributed by atoms with Crippen LogP contribution in [0.3, 0.4) is 0 Å². The third-order valence-corrected chi connectivity index (χ3v) is 6.82. The zero-order valence-corrected chi connectivity index (χ0v) is 22.2. The molecule has 0 radical (unpaired) electrons. The third-order valence-electron chi connectivity index (χ3n) is 6.82. The Morgan fingerprint density at radius 3 is 1.14 bits per heavy atom. The Kier molecular flexibility index (Phi) is 7.10. The zero-order chi connectivity index (χ0) is 29.1.